The van der Waals surface area contributed by atoms with Crippen LogP contribution in [0.25, 0.3) is 0 Å². The number of hydrogen-bond acceptors (Lipinski definition) is 7. The minimum Gasteiger partial charge on any atom is -0.462 e. The van der Waals surface area contributed by atoms with E-state index in [9.17, 15) is 19.0 Å². The Kier molecular flexibility index (Phi) is 44.0. The largest absolute Gasteiger partial charge is 0.472 e. The van der Waals surface area contributed by atoms with Crippen molar-refractivity contribution in [1.29, 1.82) is 0 Å². The Labute approximate surface area is 403 Å². The highest BCUT2D eigenvalue weighted by Gasteiger charge is 2.27. The summed E-state index contributed by atoms with van der Waals surface area (Å²) in [5.74, 6) is -0.857. The second-order valence-electron chi connectivity index (χ2n) is 17.5. The van der Waals surface area contributed by atoms with Gasteiger partial charge in [0.15, 0.2) is 6.10 Å². The van der Waals surface area contributed by atoms with Gasteiger partial charge >= 0.3 is 19.8 Å². The minimum absolute atomic E-state index is 0.0166. The fourth-order valence-electron chi connectivity index (χ4n) is 6.07. The zero-order chi connectivity index (χ0) is 48.5. The van der Waals surface area contributed by atoms with Gasteiger partial charge in [-0.3, -0.25) is 18.6 Å². The number of allylic oxidation sites excluding steroid dienone is 20. The van der Waals surface area contributed by atoms with Crippen molar-refractivity contribution in [3.8, 4) is 0 Å². The van der Waals surface area contributed by atoms with Gasteiger partial charge < -0.3 is 18.9 Å². The van der Waals surface area contributed by atoms with Crippen molar-refractivity contribution in [1.82, 2.24) is 0 Å². The lowest BCUT2D eigenvalue weighted by atomic mass is 10.1. The predicted octanol–water partition coefficient (Wildman–Crippen LogP) is 15.2. The molecule has 0 fully saturated rings. The maximum atomic E-state index is 12.7. The van der Waals surface area contributed by atoms with Gasteiger partial charge in [-0.25, -0.2) is 4.57 Å². The number of rotatable bonds is 44. The van der Waals surface area contributed by atoms with Gasteiger partial charge in [0, 0.05) is 12.8 Å². The lowest BCUT2D eigenvalue weighted by Crippen LogP contribution is -2.37. The molecule has 0 amide bonds. The predicted molar refractivity (Wildman–Crippen MR) is 279 cm³/mol. The molecule has 0 aliphatic carbocycles. The molecule has 0 spiro atoms. The van der Waals surface area contributed by atoms with Crippen molar-refractivity contribution < 1.29 is 42.1 Å². The Morgan fingerprint density at radius 3 is 1.29 bits per heavy atom. The highest BCUT2D eigenvalue weighted by Crippen LogP contribution is 2.43. The van der Waals surface area contributed by atoms with Crippen molar-refractivity contribution in [3.05, 3.63) is 122 Å². The highest BCUT2D eigenvalue weighted by molar-refractivity contribution is 7.47. The maximum Gasteiger partial charge on any atom is 0.472 e. The smallest absolute Gasteiger partial charge is 0.462 e. The first-order valence-electron chi connectivity index (χ1n) is 25.3. The van der Waals surface area contributed by atoms with Crippen LogP contribution in [0.2, 0.25) is 0 Å². The minimum atomic E-state index is -4.40. The average Bonchev–Trinajstić information content (AvgIpc) is 3.27. The molecule has 0 aromatic rings. The molecule has 0 saturated heterocycles. The molecule has 66 heavy (non-hydrogen) atoms. The number of nitrogens with zero attached hydrogens (tertiary/aromatic N) is 1. The first-order chi connectivity index (χ1) is 32.0. The number of phosphoric acid groups is 1. The summed E-state index contributed by atoms with van der Waals surface area (Å²) in [5.41, 5.74) is 0. The Morgan fingerprint density at radius 2 is 0.864 bits per heavy atom. The Bertz CT molecular complexity index is 1530. The topological polar surface area (TPSA) is 108 Å². The fraction of sp³-hybridized carbons (Fsp3) is 0.607. The van der Waals surface area contributed by atoms with Gasteiger partial charge in [-0.2, -0.15) is 0 Å². The van der Waals surface area contributed by atoms with Crippen molar-refractivity contribution in [3.63, 3.8) is 0 Å². The molecule has 1 N–H and O–H groups in total. The van der Waals surface area contributed by atoms with E-state index >= 15 is 0 Å². The van der Waals surface area contributed by atoms with Crippen molar-refractivity contribution in [2.75, 3.05) is 47.5 Å². The van der Waals surface area contributed by atoms with Gasteiger partial charge in [0.25, 0.3) is 0 Å². The molecule has 0 aromatic carbocycles. The molecule has 2 atom stereocenters. The maximum absolute atomic E-state index is 12.7. The van der Waals surface area contributed by atoms with Crippen LogP contribution in [0.3, 0.4) is 0 Å². The van der Waals surface area contributed by atoms with Crippen LogP contribution in [0.4, 0.5) is 0 Å². The molecule has 0 radical (unpaired) electrons. The number of hydrogen-bond donors (Lipinski definition) is 1. The molecule has 0 saturated carbocycles. The summed E-state index contributed by atoms with van der Waals surface area (Å²) in [6.07, 6.45) is 65.4. The molecule has 374 valence electrons. The summed E-state index contributed by atoms with van der Waals surface area (Å²) in [5, 5.41) is 0. The molecule has 0 aromatic heterocycles. The number of phosphoric ester groups is 1. The van der Waals surface area contributed by atoms with E-state index in [1.807, 2.05) is 21.1 Å². The summed E-state index contributed by atoms with van der Waals surface area (Å²) >= 11 is 0. The molecule has 0 aliphatic heterocycles. The van der Waals surface area contributed by atoms with E-state index in [1.54, 1.807) is 0 Å². The second-order valence-corrected chi connectivity index (χ2v) is 18.9. The van der Waals surface area contributed by atoms with Crippen LogP contribution in [0.1, 0.15) is 168 Å². The Hall–Kier alpha value is -3.59. The van der Waals surface area contributed by atoms with Crippen LogP contribution in [0, 0.1) is 0 Å². The third-order valence-electron chi connectivity index (χ3n) is 9.96. The first-order valence-corrected chi connectivity index (χ1v) is 26.8. The summed E-state index contributed by atoms with van der Waals surface area (Å²) < 4.78 is 34.3. The van der Waals surface area contributed by atoms with Gasteiger partial charge in [-0.05, 0) is 103 Å². The quantitative estimate of drug-likeness (QED) is 0.0212. The molecule has 10 heteroatoms. The third-order valence-corrected chi connectivity index (χ3v) is 10.9. The van der Waals surface area contributed by atoms with Crippen molar-refractivity contribution >= 4 is 19.8 Å². The fourth-order valence-corrected chi connectivity index (χ4v) is 6.81. The molecule has 0 heterocycles. The average molecular weight is 939 g/mol. The van der Waals surface area contributed by atoms with E-state index in [-0.39, 0.29) is 26.1 Å². The van der Waals surface area contributed by atoms with Gasteiger partial charge in [-0.15, -0.1) is 0 Å². The summed E-state index contributed by atoms with van der Waals surface area (Å²) in [7, 11) is 1.43. The molecule has 2 unspecified atom stereocenters. The Balaban J connectivity index is 4.33. The van der Waals surface area contributed by atoms with Crippen LogP contribution >= 0.6 is 7.82 Å². The van der Waals surface area contributed by atoms with Crippen molar-refractivity contribution in [2.24, 2.45) is 0 Å². The highest BCUT2D eigenvalue weighted by atomic mass is 31.2. The van der Waals surface area contributed by atoms with E-state index in [1.165, 1.54) is 6.42 Å². The zero-order valence-electron chi connectivity index (χ0n) is 42.1. The molecular weight excluding hydrogens is 846 g/mol. The number of esters is 2. The van der Waals surface area contributed by atoms with Crippen LogP contribution in [0.15, 0.2) is 122 Å². The lowest BCUT2D eigenvalue weighted by Gasteiger charge is -2.24. The number of carbonyl (C=O) groups is 2. The zero-order valence-corrected chi connectivity index (χ0v) is 43.0. The van der Waals surface area contributed by atoms with E-state index in [2.05, 4.69) is 135 Å². The normalized spacial score (nSPS) is 14.5. The molecule has 9 nitrogen and oxygen atoms in total. The number of carbonyl (C=O) groups excluding carboxylic acids is 2. The first kappa shape index (κ1) is 62.4. The van der Waals surface area contributed by atoms with Crippen LogP contribution in [0.5, 0.6) is 0 Å². The van der Waals surface area contributed by atoms with E-state index in [4.69, 9.17) is 18.5 Å². The second kappa shape index (κ2) is 46.5. The molecule has 0 bridgehead atoms. The molecule has 0 rings (SSSR count). The van der Waals surface area contributed by atoms with E-state index in [0.29, 0.717) is 23.9 Å². The van der Waals surface area contributed by atoms with Crippen LogP contribution < -0.4 is 0 Å². The number of ether oxygens (including phenoxy) is 2. The third kappa shape index (κ3) is 49.8. The SMILES string of the molecule is CC/C=C\C/C=C\C/C=C\C/C=C\C/C=C\C/C=C\C/C=C\C/C=C\CCCCCCC(=O)OC(COC(=O)CCCCCCC/C=C\C/C=C\CCC)COP(=O)(O)OCC[N+](C)(C)C. The summed E-state index contributed by atoms with van der Waals surface area (Å²) in [6, 6.07) is 0. The van der Waals surface area contributed by atoms with E-state index < -0.39 is 32.5 Å². The molecule has 0 aliphatic rings. The van der Waals surface area contributed by atoms with Gasteiger partial charge in [0.2, 0.25) is 0 Å². The summed E-state index contributed by atoms with van der Waals surface area (Å²) in [4.78, 5) is 35.5. The van der Waals surface area contributed by atoms with Crippen molar-refractivity contribution in [2.45, 2.75) is 174 Å². The van der Waals surface area contributed by atoms with Gasteiger partial charge in [-0.1, -0.05) is 174 Å². The number of likely N-dealkylation sites (N-methyl/N-ethyl adjacent to an activating group) is 1. The standard InChI is InChI=1S/C56H92NO8P/c1-6-8-10-12-14-16-18-20-21-22-23-24-25-26-27-28-29-30-31-32-33-34-35-37-39-41-43-45-47-49-56(59)65-54(53-64-66(60,61)63-51-50-57(3,4)5)52-62-55(58)48-46-44-42-40-38-36-19-17-15-13-11-9-7-2/h8,10-11,13-14,16-17,19-21,23-24,26-27,29-30,32-33,35,37,54H,6-7,9,12,15,18,22,25,28,31,34,36,38-53H2,1-5H3/p+1/b10-8-,13-11-,16-14-,19-17-,21-20-,24-23-,27-26-,30-29-,33-32-,37-35-. The molecular formula is C56H93NO8P+. The monoisotopic (exact) mass is 939 g/mol. The Morgan fingerprint density at radius 1 is 0.485 bits per heavy atom. The van der Waals surface area contributed by atoms with Crippen LogP contribution in [-0.2, 0) is 32.7 Å². The van der Waals surface area contributed by atoms with Gasteiger partial charge in [0.1, 0.15) is 19.8 Å². The van der Waals surface area contributed by atoms with Crippen LogP contribution in [-0.4, -0.2) is 74.9 Å². The van der Waals surface area contributed by atoms with E-state index in [0.717, 1.165) is 122 Å². The number of unbranched alkanes of at least 4 members (excludes halogenated alkanes) is 10. The lowest BCUT2D eigenvalue weighted by molar-refractivity contribution is -0.870. The number of quaternary nitrogens is 1. The van der Waals surface area contributed by atoms with Gasteiger partial charge in [0.05, 0.1) is 27.7 Å². The summed E-state index contributed by atoms with van der Waals surface area (Å²) in [6.45, 7) is 4.17.